The lowest BCUT2D eigenvalue weighted by atomic mass is 9.91. The van der Waals surface area contributed by atoms with Gasteiger partial charge < -0.3 is 15.5 Å². The van der Waals surface area contributed by atoms with E-state index < -0.39 is 0 Å². The number of rotatable bonds is 11. The topological polar surface area (TPSA) is 53.1 Å². The third-order valence-corrected chi connectivity index (χ3v) is 6.96. The van der Waals surface area contributed by atoms with Crippen LogP contribution in [0.4, 0.5) is 11.8 Å². The highest BCUT2D eigenvalue weighted by Crippen LogP contribution is 2.26. The maximum absolute atomic E-state index is 4.83. The Balaban J connectivity index is 1.31. The molecule has 0 unspecified atom stereocenters. The van der Waals surface area contributed by atoms with Crippen molar-refractivity contribution in [3.63, 3.8) is 0 Å². The number of hydrogen-bond acceptors (Lipinski definition) is 5. The summed E-state index contributed by atoms with van der Waals surface area (Å²) in [4.78, 5) is 11.7. The second kappa shape index (κ2) is 12.7. The summed E-state index contributed by atoms with van der Waals surface area (Å²) >= 11 is 0. The average Bonchev–Trinajstić information content (AvgIpc) is 2.88. The van der Waals surface area contributed by atoms with Crippen LogP contribution in [0.1, 0.15) is 63.9 Å². The Morgan fingerprint density at radius 1 is 0.914 bits per heavy atom. The number of unbranched alkanes of at least 4 members (excludes halogenated alkanes) is 2. The smallest absolute Gasteiger partial charge is 0.225 e. The SMILES string of the molecule is CCCCC/C(=C\c1ccccc1)CNC1CCC(Nc2nc(N(C)C)c3ccccc3n2)CC1. The van der Waals surface area contributed by atoms with Crippen LogP contribution in [0.5, 0.6) is 0 Å². The highest BCUT2D eigenvalue weighted by molar-refractivity contribution is 5.90. The third kappa shape index (κ3) is 7.28. The van der Waals surface area contributed by atoms with Gasteiger partial charge in [0.2, 0.25) is 5.95 Å². The minimum Gasteiger partial charge on any atom is -0.362 e. The third-order valence-electron chi connectivity index (χ3n) is 6.96. The number of nitrogens with zero attached hydrogens (tertiary/aromatic N) is 3. The molecule has 0 aliphatic heterocycles. The summed E-state index contributed by atoms with van der Waals surface area (Å²) in [6, 6.07) is 20.0. The summed E-state index contributed by atoms with van der Waals surface area (Å²) < 4.78 is 0. The lowest BCUT2D eigenvalue weighted by Gasteiger charge is -2.30. The van der Waals surface area contributed by atoms with Crippen LogP contribution in [0.25, 0.3) is 17.0 Å². The summed E-state index contributed by atoms with van der Waals surface area (Å²) in [6.07, 6.45) is 12.0. The van der Waals surface area contributed by atoms with Gasteiger partial charge in [0.1, 0.15) is 5.82 Å². The van der Waals surface area contributed by atoms with Crippen LogP contribution in [0.2, 0.25) is 0 Å². The molecule has 1 heterocycles. The fourth-order valence-electron chi connectivity index (χ4n) is 4.96. The fraction of sp³-hybridized carbons (Fsp3) is 0.467. The van der Waals surface area contributed by atoms with Gasteiger partial charge in [0.05, 0.1) is 5.52 Å². The van der Waals surface area contributed by atoms with Gasteiger partial charge in [0.25, 0.3) is 0 Å². The molecule has 1 aliphatic rings. The molecule has 2 aromatic carbocycles. The highest BCUT2D eigenvalue weighted by atomic mass is 15.2. The van der Waals surface area contributed by atoms with Crippen molar-refractivity contribution in [2.45, 2.75) is 70.4 Å². The van der Waals surface area contributed by atoms with Crippen molar-refractivity contribution in [3.05, 3.63) is 65.7 Å². The fourth-order valence-corrected chi connectivity index (χ4v) is 4.96. The monoisotopic (exact) mass is 471 g/mol. The van der Waals surface area contributed by atoms with E-state index in [1.165, 1.54) is 49.7 Å². The first-order valence-corrected chi connectivity index (χ1v) is 13.3. The molecule has 35 heavy (non-hydrogen) atoms. The van der Waals surface area contributed by atoms with Crippen molar-refractivity contribution >= 4 is 28.7 Å². The zero-order chi connectivity index (χ0) is 24.5. The van der Waals surface area contributed by atoms with Crippen LogP contribution < -0.4 is 15.5 Å². The average molecular weight is 472 g/mol. The zero-order valence-corrected chi connectivity index (χ0v) is 21.6. The molecule has 1 aliphatic carbocycles. The lowest BCUT2D eigenvalue weighted by Crippen LogP contribution is -2.38. The molecular formula is C30H41N5. The molecule has 0 spiro atoms. The van der Waals surface area contributed by atoms with Gasteiger partial charge in [0, 0.05) is 38.1 Å². The number of nitrogens with one attached hydrogen (secondary N) is 2. The number of aromatic nitrogens is 2. The first kappa shape index (κ1) is 25.2. The molecule has 186 valence electrons. The predicted molar refractivity (Wildman–Crippen MR) is 150 cm³/mol. The Bertz CT molecular complexity index is 1080. The predicted octanol–water partition coefficient (Wildman–Crippen LogP) is 6.67. The molecular weight excluding hydrogens is 430 g/mol. The molecule has 1 saturated carbocycles. The molecule has 5 heteroatoms. The van der Waals surface area contributed by atoms with Gasteiger partial charge in [-0.25, -0.2) is 4.98 Å². The molecule has 3 aromatic rings. The van der Waals surface area contributed by atoms with Crippen molar-refractivity contribution in [1.82, 2.24) is 15.3 Å². The van der Waals surface area contributed by atoms with E-state index in [1.54, 1.807) is 0 Å². The van der Waals surface area contributed by atoms with Crippen LogP contribution in [-0.4, -0.2) is 42.7 Å². The van der Waals surface area contributed by atoms with Crippen molar-refractivity contribution in [1.29, 1.82) is 0 Å². The van der Waals surface area contributed by atoms with Gasteiger partial charge in [-0.3, -0.25) is 0 Å². The second-order valence-corrected chi connectivity index (χ2v) is 10.0. The number of benzene rings is 2. The van der Waals surface area contributed by atoms with Crippen molar-refractivity contribution in [3.8, 4) is 0 Å². The normalized spacial score (nSPS) is 18.5. The summed E-state index contributed by atoms with van der Waals surface area (Å²) in [5, 5.41) is 8.59. The van der Waals surface area contributed by atoms with E-state index in [1.807, 2.05) is 26.2 Å². The minimum atomic E-state index is 0.424. The van der Waals surface area contributed by atoms with Crippen molar-refractivity contribution in [2.75, 3.05) is 30.9 Å². The number of hydrogen-bond donors (Lipinski definition) is 2. The maximum Gasteiger partial charge on any atom is 0.225 e. The lowest BCUT2D eigenvalue weighted by molar-refractivity contribution is 0.360. The van der Waals surface area contributed by atoms with Crippen LogP contribution in [-0.2, 0) is 0 Å². The molecule has 0 saturated heterocycles. The molecule has 5 nitrogen and oxygen atoms in total. The second-order valence-electron chi connectivity index (χ2n) is 10.0. The number of para-hydroxylation sites is 1. The standard InChI is InChI=1S/C30H41N5/c1-4-5-7-14-24(21-23-12-8-6-9-13-23)22-31-25-17-19-26(20-18-25)32-30-33-28-16-11-10-15-27(28)29(34-30)35(2)3/h6,8-13,15-16,21,25-26,31H,4-5,7,14,17-20,22H2,1-3H3,(H,32,33,34)/b24-21+. The van der Waals surface area contributed by atoms with Gasteiger partial charge in [0.15, 0.2) is 0 Å². The van der Waals surface area contributed by atoms with Gasteiger partial charge in [-0.2, -0.15) is 4.98 Å². The minimum absolute atomic E-state index is 0.424. The number of fused-ring (bicyclic) bond motifs is 1. The van der Waals surface area contributed by atoms with Gasteiger partial charge >= 0.3 is 0 Å². The van der Waals surface area contributed by atoms with E-state index in [-0.39, 0.29) is 0 Å². The van der Waals surface area contributed by atoms with E-state index in [2.05, 4.69) is 71.0 Å². The summed E-state index contributed by atoms with van der Waals surface area (Å²) in [5.41, 5.74) is 3.82. The molecule has 1 fully saturated rings. The summed E-state index contributed by atoms with van der Waals surface area (Å²) in [7, 11) is 4.08. The van der Waals surface area contributed by atoms with Gasteiger partial charge in [-0.15, -0.1) is 0 Å². The van der Waals surface area contributed by atoms with Gasteiger partial charge in [-0.1, -0.05) is 73.9 Å². The van der Waals surface area contributed by atoms with Crippen molar-refractivity contribution in [2.24, 2.45) is 0 Å². The Morgan fingerprint density at radius 2 is 1.63 bits per heavy atom. The van der Waals surface area contributed by atoms with E-state index in [0.29, 0.717) is 12.1 Å². The van der Waals surface area contributed by atoms with E-state index in [9.17, 15) is 0 Å². The van der Waals surface area contributed by atoms with Crippen LogP contribution >= 0.6 is 0 Å². The first-order valence-electron chi connectivity index (χ1n) is 13.3. The van der Waals surface area contributed by atoms with Crippen LogP contribution in [0, 0.1) is 0 Å². The van der Waals surface area contributed by atoms with E-state index >= 15 is 0 Å². The Labute approximate surface area is 211 Å². The van der Waals surface area contributed by atoms with Crippen LogP contribution in [0.15, 0.2) is 60.2 Å². The first-order chi connectivity index (χ1) is 17.1. The Morgan fingerprint density at radius 3 is 2.37 bits per heavy atom. The van der Waals surface area contributed by atoms with Gasteiger partial charge in [-0.05, 0) is 56.2 Å². The zero-order valence-electron chi connectivity index (χ0n) is 21.6. The van der Waals surface area contributed by atoms with Crippen molar-refractivity contribution < 1.29 is 0 Å². The van der Waals surface area contributed by atoms with E-state index in [0.717, 1.165) is 42.1 Å². The van der Waals surface area contributed by atoms with Crippen LogP contribution in [0.3, 0.4) is 0 Å². The number of anilines is 2. The van der Waals surface area contributed by atoms with E-state index in [4.69, 9.17) is 9.97 Å². The molecule has 2 N–H and O–H groups in total. The molecule has 0 radical (unpaired) electrons. The highest BCUT2D eigenvalue weighted by Gasteiger charge is 2.22. The Hall–Kier alpha value is -2.92. The quantitative estimate of drug-likeness (QED) is 0.306. The Kier molecular flexibility index (Phi) is 9.13. The molecule has 4 rings (SSSR count). The largest absolute Gasteiger partial charge is 0.362 e. The molecule has 1 aromatic heterocycles. The maximum atomic E-state index is 4.83. The molecule has 0 amide bonds. The summed E-state index contributed by atoms with van der Waals surface area (Å²) in [5.74, 6) is 1.71. The molecule has 0 bridgehead atoms. The summed E-state index contributed by atoms with van der Waals surface area (Å²) in [6.45, 7) is 3.26. The molecule has 0 atom stereocenters.